The van der Waals surface area contributed by atoms with Gasteiger partial charge in [-0.2, -0.15) is 0 Å². The number of nitrogens with zero attached hydrogens (tertiary/aromatic N) is 3. The lowest BCUT2D eigenvalue weighted by molar-refractivity contribution is -0.133. The number of likely N-dealkylation sites (tertiary alicyclic amines) is 2. The van der Waals surface area contributed by atoms with Crippen molar-refractivity contribution in [2.75, 3.05) is 51.1 Å². The Labute approximate surface area is 207 Å². The van der Waals surface area contributed by atoms with Crippen LogP contribution >= 0.6 is 0 Å². The number of rotatable bonds is 8. The number of hydrogen-bond acceptors (Lipinski definition) is 6. The van der Waals surface area contributed by atoms with Crippen molar-refractivity contribution < 1.29 is 14.3 Å². The molecular weight excluding hydrogens is 442 g/mol. The highest BCUT2D eigenvalue weighted by atomic mass is 16.5. The lowest BCUT2D eigenvalue weighted by Gasteiger charge is -2.39. The molecule has 8 heteroatoms. The third-order valence-corrected chi connectivity index (χ3v) is 7.47. The molecule has 0 bridgehead atoms. The van der Waals surface area contributed by atoms with Gasteiger partial charge in [-0.1, -0.05) is 12.5 Å². The quantitative estimate of drug-likeness (QED) is 0.607. The number of carbonyl (C=O) groups excluding carboxylic acids is 2. The van der Waals surface area contributed by atoms with Crippen LogP contribution in [0.4, 0.5) is 10.5 Å². The maximum absolute atomic E-state index is 13.2. The Hall–Kier alpha value is -2.97. The van der Waals surface area contributed by atoms with E-state index in [1.165, 1.54) is 24.8 Å². The molecule has 186 valence electrons. The molecular formula is C27H35N5O3. The minimum atomic E-state index is -0.806. The molecule has 1 aromatic carbocycles. The molecule has 8 nitrogen and oxygen atoms in total. The van der Waals surface area contributed by atoms with Crippen LogP contribution in [0.2, 0.25) is 0 Å². The van der Waals surface area contributed by atoms with Gasteiger partial charge in [-0.05, 0) is 68.4 Å². The summed E-state index contributed by atoms with van der Waals surface area (Å²) in [5.41, 5.74) is 1.07. The molecule has 2 amide bonds. The molecule has 3 saturated heterocycles. The van der Waals surface area contributed by atoms with Gasteiger partial charge in [-0.3, -0.25) is 9.78 Å². The fraction of sp³-hybridized carbons (Fsp3) is 0.519. The molecule has 1 aromatic heterocycles. The molecule has 0 unspecified atom stereocenters. The van der Waals surface area contributed by atoms with E-state index < -0.39 is 5.60 Å². The van der Waals surface area contributed by atoms with Crippen LogP contribution in [0.1, 0.15) is 43.6 Å². The molecule has 1 atom stereocenters. The maximum atomic E-state index is 13.2. The minimum Gasteiger partial charge on any atom is -0.478 e. The van der Waals surface area contributed by atoms with Gasteiger partial charge >= 0.3 is 6.03 Å². The average Bonchev–Trinajstić information content (AvgIpc) is 3.34. The van der Waals surface area contributed by atoms with Gasteiger partial charge in [0.2, 0.25) is 0 Å². The normalized spacial score (nSPS) is 23.0. The minimum absolute atomic E-state index is 0.108. The Bertz CT molecular complexity index is 995. The zero-order valence-electron chi connectivity index (χ0n) is 20.2. The third kappa shape index (κ3) is 5.65. The number of Topliss-reactive ketones (excluding diaryl/α,β-unsaturated/α-hetero) is 1. The van der Waals surface area contributed by atoms with Crippen molar-refractivity contribution >= 4 is 17.5 Å². The van der Waals surface area contributed by atoms with E-state index in [-0.39, 0.29) is 11.8 Å². The van der Waals surface area contributed by atoms with Crippen LogP contribution in [-0.2, 0) is 4.79 Å². The Balaban J connectivity index is 1.13. The number of ether oxygens (including phenoxy) is 1. The van der Waals surface area contributed by atoms with Crippen LogP contribution < -0.4 is 15.4 Å². The molecule has 3 aliphatic heterocycles. The van der Waals surface area contributed by atoms with Gasteiger partial charge in [0, 0.05) is 63.0 Å². The zero-order chi connectivity index (χ0) is 24.1. The summed E-state index contributed by atoms with van der Waals surface area (Å²) < 4.78 is 6.31. The molecule has 4 heterocycles. The van der Waals surface area contributed by atoms with E-state index in [1.807, 2.05) is 36.5 Å². The van der Waals surface area contributed by atoms with Gasteiger partial charge in [-0.15, -0.1) is 0 Å². The Kier molecular flexibility index (Phi) is 7.29. The number of amides is 2. The highest BCUT2D eigenvalue weighted by Gasteiger charge is 2.43. The Morgan fingerprint density at radius 3 is 2.60 bits per heavy atom. The van der Waals surface area contributed by atoms with E-state index in [4.69, 9.17) is 4.74 Å². The first-order valence-corrected chi connectivity index (χ1v) is 12.8. The number of nitrogens with one attached hydrogen (secondary N) is 2. The first kappa shape index (κ1) is 23.8. The van der Waals surface area contributed by atoms with Gasteiger partial charge < -0.3 is 25.2 Å². The number of piperidine rings is 1. The molecule has 5 rings (SSSR count). The number of ketones is 1. The SMILES string of the molecule is O=C(Nc1ccc(O[C@]2(C(=O)CCN3CCCCC3)CCNC2)cc1)N1CC(c2cccnc2)C1. The molecule has 0 spiro atoms. The summed E-state index contributed by atoms with van der Waals surface area (Å²) in [5.74, 6) is 1.17. The fourth-order valence-electron chi connectivity index (χ4n) is 5.23. The van der Waals surface area contributed by atoms with Crippen LogP contribution in [0.15, 0.2) is 48.8 Å². The van der Waals surface area contributed by atoms with Gasteiger partial charge in [0.15, 0.2) is 11.4 Å². The van der Waals surface area contributed by atoms with Crippen LogP contribution in [-0.4, -0.2) is 78.0 Å². The van der Waals surface area contributed by atoms with Crippen LogP contribution in [0.3, 0.4) is 0 Å². The number of carbonyl (C=O) groups is 2. The number of aromatic nitrogens is 1. The van der Waals surface area contributed by atoms with Gasteiger partial charge in [-0.25, -0.2) is 4.79 Å². The zero-order valence-corrected chi connectivity index (χ0v) is 20.2. The first-order valence-electron chi connectivity index (χ1n) is 12.8. The number of hydrogen-bond donors (Lipinski definition) is 2. The van der Waals surface area contributed by atoms with Crippen LogP contribution in [0, 0.1) is 0 Å². The maximum Gasteiger partial charge on any atom is 0.321 e. The second-order valence-corrected chi connectivity index (χ2v) is 9.94. The lowest BCUT2D eigenvalue weighted by atomic mass is 9.93. The molecule has 2 aromatic rings. The molecule has 0 radical (unpaired) electrons. The number of benzene rings is 1. The summed E-state index contributed by atoms with van der Waals surface area (Å²) in [6.45, 7) is 5.69. The van der Waals surface area contributed by atoms with E-state index in [0.29, 0.717) is 49.8 Å². The van der Waals surface area contributed by atoms with Crippen LogP contribution in [0.5, 0.6) is 5.75 Å². The van der Waals surface area contributed by atoms with Gasteiger partial charge in [0.25, 0.3) is 0 Å². The van der Waals surface area contributed by atoms with Gasteiger partial charge in [0.1, 0.15) is 5.75 Å². The van der Waals surface area contributed by atoms with Crippen molar-refractivity contribution in [3.63, 3.8) is 0 Å². The van der Waals surface area contributed by atoms with E-state index in [1.54, 1.807) is 11.1 Å². The third-order valence-electron chi connectivity index (χ3n) is 7.47. The number of anilines is 1. The van der Waals surface area contributed by atoms with Crippen molar-refractivity contribution in [2.24, 2.45) is 0 Å². The van der Waals surface area contributed by atoms with Crippen molar-refractivity contribution in [1.82, 2.24) is 20.1 Å². The van der Waals surface area contributed by atoms with E-state index in [9.17, 15) is 9.59 Å². The summed E-state index contributed by atoms with van der Waals surface area (Å²) in [6, 6.07) is 11.2. The second-order valence-electron chi connectivity index (χ2n) is 9.94. The monoisotopic (exact) mass is 477 g/mol. The molecule has 2 N–H and O–H groups in total. The van der Waals surface area contributed by atoms with Crippen molar-refractivity contribution in [3.05, 3.63) is 54.4 Å². The summed E-state index contributed by atoms with van der Waals surface area (Å²) in [4.78, 5) is 34.1. The smallest absolute Gasteiger partial charge is 0.321 e. The highest BCUT2D eigenvalue weighted by Crippen LogP contribution is 2.29. The van der Waals surface area contributed by atoms with E-state index >= 15 is 0 Å². The predicted molar refractivity (Wildman–Crippen MR) is 135 cm³/mol. The van der Waals surface area contributed by atoms with Crippen LogP contribution in [0.25, 0.3) is 0 Å². The first-order chi connectivity index (χ1) is 17.1. The largest absolute Gasteiger partial charge is 0.478 e. The summed E-state index contributed by atoms with van der Waals surface area (Å²) >= 11 is 0. The molecule has 35 heavy (non-hydrogen) atoms. The topological polar surface area (TPSA) is 86.8 Å². The summed E-state index contributed by atoms with van der Waals surface area (Å²) in [7, 11) is 0. The highest BCUT2D eigenvalue weighted by molar-refractivity contribution is 5.90. The van der Waals surface area contributed by atoms with Gasteiger partial charge in [0.05, 0.1) is 0 Å². The summed E-state index contributed by atoms with van der Waals surface area (Å²) in [5, 5.41) is 6.26. The van der Waals surface area contributed by atoms with E-state index in [0.717, 1.165) is 26.2 Å². The molecule has 0 aliphatic carbocycles. The van der Waals surface area contributed by atoms with Crippen molar-refractivity contribution in [3.8, 4) is 5.75 Å². The Morgan fingerprint density at radius 1 is 1.11 bits per heavy atom. The van der Waals surface area contributed by atoms with Crippen molar-refractivity contribution in [1.29, 1.82) is 0 Å². The Morgan fingerprint density at radius 2 is 1.91 bits per heavy atom. The van der Waals surface area contributed by atoms with E-state index in [2.05, 4.69) is 26.6 Å². The molecule has 3 fully saturated rings. The standard InChI is InChI=1S/C27H35N5O3/c33-25(10-16-31-14-2-1-3-15-31)27(11-13-29-20-27)35-24-8-6-23(7-9-24)30-26(34)32-18-22(19-32)21-5-4-12-28-17-21/h4-9,12,17,22,29H,1-3,10-11,13-16,18-20H2,(H,30,34)/t27-/m1/s1. The van der Waals surface area contributed by atoms with Crippen molar-refractivity contribution in [2.45, 2.75) is 43.6 Å². The molecule has 0 saturated carbocycles. The number of pyridine rings is 1. The molecule has 3 aliphatic rings. The average molecular weight is 478 g/mol. The number of urea groups is 1. The fourth-order valence-corrected chi connectivity index (χ4v) is 5.23. The lowest BCUT2D eigenvalue weighted by Crippen LogP contribution is -2.50. The summed E-state index contributed by atoms with van der Waals surface area (Å²) in [6.07, 6.45) is 8.57. The predicted octanol–water partition coefficient (Wildman–Crippen LogP) is 3.27. The second kappa shape index (κ2) is 10.7.